The molecule has 0 spiro atoms. The maximum Gasteiger partial charge on any atom is 0.139 e. The van der Waals surface area contributed by atoms with Gasteiger partial charge in [0.1, 0.15) is 5.82 Å². The third kappa shape index (κ3) is 3.58. The SMILES string of the molecule is Nc1ccc(-c2[c-]cc(F)c3cc(F)cnc23)[c-]n1.[Hf].[Zn]. The van der Waals surface area contributed by atoms with Gasteiger partial charge in [-0.15, -0.1) is 12.1 Å². The number of benzene rings is 1. The van der Waals surface area contributed by atoms with Gasteiger partial charge in [-0.05, 0) is 6.07 Å². The first-order valence-corrected chi connectivity index (χ1v) is 5.45. The summed E-state index contributed by atoms with van der Waals surface area (Å²) in [6.07, 6.45) is 3.75. The predicted octanol–water partition coefficient (Wildman–Crippen LogP) is 2.75. The molecule has 0 saturated carbocycles. The van der Waals surface area contributed by atoms with E-state index in [0.717, 1.165) is 18.3 Å². The first kappa shape index (κ1) is 18.0. The van der Waals surface area contributed by atoms with Crippen molar-refractivity contribution in [1.29, 1.82) is 0 Å². The molecule has 0 aliphatic heterocycles. The monoisotopic (exact) mass is 499 g/mol. The molecule has 1 aromatic carbocycles. The predicted molar refractivity (Wildman–Crippen MR) is 67.0 cm³/mol. The molecule has 0 amide bonds. The maximum absolute atomic E-state index is 13.6. The standard InChI is InChI=1S/C14H7F2N3.Hf.Zn/c15-9-5-11-12(16)3-2-10(14(11)19-7-9)8-1-4-13(17)18-6-8;;/h1,3-5,7H,(H2,17,18);;/q-2;;. The van der Waals surface area contributed by atoms with Crippen LogP contribution in [0.2, 0.25) is 0 Å². The maximum atomic E-state index is 13.6. The van der Waals surface area contributed by atoms with E-state index in [0.29, 0.717) is 22.5 Å². The van der Waals surface area contributed by atoms with Crippen molar-refractivity contribution >= 4 is 16.7 Å². The van der Waals surface area contributed by atoms with E-state index in [1.165, 1.54) is 0 Å². The van der Waals surface area contributed by atoms with E-state index in [4.69, 9.17) is 5.73 Å². The van der Waals surface area contributed by atoms with Gasteiger partial charge in [-0.25, -0.2) is 9.95 Å². The van der Waals surface area contributed by atoms with Crippen LogP contribution in [-0.2, 0) is 45.3 Å². The van der Waals surface area contributed by atoms with E-state index in [2.05, 4.69) is 22.2 Å². The summed E-state index contributed by atoms with van der Waals surface area (Å²) in [6, 6.07) is 8.27. The molecule has 3 nitrogen and oxygen atoms in total. The molecular weight excluding hydrogens is 492 g/mol. The van der Waals surface area contributed by atoms with Crippen molar-refractivity contribution in [1.82, 2.24) is 9.97 Å². The molecule has 0 unspecified atom stereocenters. The Morgan fingerprint density at radius 1 is 1.19 bits per heavy atom. The number of nitrogens with two attached hydrogens (primary N) is 1. The summed E-state index contributed by atoms with van der Waals surface area (Å²) in [4.78, 5) is 7.75. The summed E-state index contributed by atoms with van der Waals surface area (Å²) in [7, 11) is 0. The Kier molecular flexibility index (Phi) is 6.23. The number of halogens is 2. The van der Waals surface area contributed by atoms with E-state index >= 15 is 0 Å². The number of aromatic nitrogens is 2. The first-order chi connectivity index (χ1) is 9.15. The number of pyridine rings is 2. The minimum absolute atomic E-state index is 0. The molecule has 0 aliphatic carbocycles. The minimum atomic E-state index is -0.594. The number of hydrogen-bond donors (Lipinski definition) is 1. The van der Waals surface area contributed by atoms with Crippen LogP contribution in [0.3, 0.4) is 0 Å². The van der Waals surface area contributed by atoms with Crippen molar-refractivity contribution < 1.29 is 54.1 Å². The van der Waals surface area contributed by atoms with Crippen LogP contribution < -0.4 is 5.73 Å². The fourth-order valence-corrected chi connectivity index (χ4v) is 1.81. The smallest absolute Gasteiger partial charge is 0.139 e. The van der Waals surface area contributed by atoms with Crippen molar-refractivity contribution in [2.75, 3.05) is 5.73 Å². The number of anilines is 1. The summed E-state index contributed by atoms with van der Waals surface area (Å²) in [5, 5.41) is 0.0963. The van der Waals surface area contributed by atoms with Crippen LogP contribution in [0, 0.1) is 23.9 Å². The zero-order chi connectivity index (χ0) is 13.4. The van der Waals surface area contributed by atoms with Crippen molar-refractivity contribution in [3.8, 4) is 11.1 Å². The third-order valence-corrected chi connectivity index (χ3v) is 2.69. The Morgan fingerprint density at radius 2 is 1.95 bits per heavy atom. The van der Waals surface area contributed by atoms with Crippen molar-refractivity contribution in [2.24, 2.45) is 0 Å². The van der Waals surface area contributed by atoms with Crippen molar-refractivity contribution in [3.05, 3.63) is 54.4 Å². The molecule has 0 atom stereocenters. The molecule has 7 heteroatoms. The number of nitrogens with zero attached hydrogens (tertiary/aromatic N) is 2. The van der Waals surface area contributed by atoms with Crippen LogP contribution in [0.5, 0.6) is 0 Å². The molecule has 0 saturated heterocycles. The molecule has 0 fully saturated rings. The minimum Gasteiger partial charge on any atom is -0.422 e. The molecule has 100 valence electrons. The van der Waals surface area contributed by atoms with Gasteiger partial charge in [0.15, 0.2) is 0 Å². The summed E-state index contributed by atoms with van der Waals surface area (Å²) in [5.41, 5.74) is 6.86. The van der Waals surface area contributed by atoms with Gasteiger partial charge in [0.2, 0.25) is 0 Å². The molecule has 0 radical (unpaired) electrons. The van der Waals surface area contributed by atoms with Gasteiger partial charge in [0.25, 0.3) is 0 Å². The van der Waals surface area contributed by atoms with Crippen LogP contribution in [0.1, 0.15) is 0 Å². The summed E-state index contributed by atoms with van der Waals surface area (Å²) < 4.78 is 26.8. The van der Waals surface area contributed by atoms with Gasteiger partial charge in [0, 0.05) is 57.0 Å². The van der Waals surface area contributed by atoms with Crippen LogP contribution in [0.4, 0.5) is 14.6 Å². The van der Waals surface area contributed by atoms with Crippen molar-refractivity contribution in [3.63, 3.8) is 0 Å². The summed E-state index contributed by atoms with van der Waals surface area (Å²) in [6.45, 7) is 0. The zero-order valence-electron chi connectivity index (χ0n) is 10.8. The normalized spacial score (nSPS) is 9.81. The number of rotatable bonds is 1. The number of fused-ring (bicyclic) bond motifs is 1. The second kappa shape index (κ2) is 7.27. The summed E-state index contributed by atoms with van der Waals surface area (Å²) in [5.74, 6) is -0.841. The van der Waals surface area contributed by atoms with Crippen LogP contribution >= 0.6 is 0 Å². The average Bonchev–Trinajstić information content (AvgIpc) is 2.41. The molecule has 2 N–H and O–H groups in total. The molecular formula is C14H7F2HfN3Zn-2. The van der Waals surface area contributed by atoms with Crippen molar-refractivity contribution in [2.45, 2.75) is 0 Å². The summed E-state index contributed by atoms with van der Waals surface area (Å²) >= 11 is 0. The second-order valence-corrected chi connectivity index (χ2v) is 3.96. The molecule has 3 aromatic rings. The van der Waals surface area contributed by atoms with Gasteiger partial charge in [-0.2, -0.15) is 17.7 Å². The van der Waals surface area contributed by atoms with E-state index in [-0.39, 0.29) is 50.7 Å². The van der Waals surface area contributed by atoms with Crippen LogP contribution in [0.15, 0.2) is 30.5 Å². The van der Waals surface area contributed by atoms with Gasteiger partial charge in [-0.1, -0.05) is 17.1 Å². The molecule has 0 aliphatic rings. The fourth-order valence-electron chi connectivity index (χ4n) is 1.81. The Morgan fingerprint density at radius 3 is 2.62 bits per heavy atom. The number of nitrogen functional groups attached to an aromatic ring is 1. The van der Waals surface area contributed by atoms with Crippen LogP contribution in [-0.4, -0.2) is 9.97 Å². The Labute approximate surface area is 151 Å². The topological polar surface area (TPSA) is 51.8 Å². The quantitative estimate of drug-likeness (QED) is 0.414. The van der Waals surface area contributed by atoms with Gasteiger partial charge in [-0.3, -0.25) is 4.39 Å². The zero-order valence-corrected chi connectivity index (χ0v) is 17.4. The molecule has 2 heterocycles. The van der Waals surface area contributed by atoms with Gasteiger partial charge in [0.05, 0.1) is 6.20 Å². The van der Waals surface area contributed by atoms with E-state index in [1.807, 2.05) is 0 Å². The van der Waals surface area contributed by atoms with E-state index in [9.17, 15) is 8.78 Å². The second-order valence-electron chi connectivity index (χ2n) is 3.96. The van der Waals surface area contributed by atoms with Gasteiger partial charge >= 0.3 is 0 Å². The molecule has 2 aromatic heterocycles. The van der Waals surface area contributed by atoms with E-state index in [1.54, 1.807) is 12.1 Å². The molecule has 3 rings (SSSR count). The largest absolute Gasteiger partial charge is 0.422 e. The Bertz CT molecular complexity index is 766. The van der Waals surface area contributed by atoms with Gasteiger partial charge < -0.3 is 15.7 Å². The Balaban J connectivity index is 0.00000110. The number of hydrogen-bond acceptors (Lipinski definition) is 3. The average molecular weight is 499 g/mol. The van der Waals surface area contributed by atoms with Crippen LogP contribution in [0.25, 0.3) is 22.0 Å². The molecule has 0 bridgehead atoms. The fraction of sp³-hybridized carbons (Fsp3) is 0. The van der Waals surface area contributed by atoms with E-state index < -0.39 is 11.6 Å². The first-order valence-electron chi connectivity index (χ1n) is 5.45. The Hall–Kier alpha value is -1.07. The third-order valence-electron chi connectivity index (χ3n) is 2.69. The molecule has 21 heavy (non-hydrogen) atoms.